The highest BCUT2D eigenvalue weighted by Crippen LogP contribution is 2.07. The standard InChI is InChI=1S/C8H16O/c1-5-8(9-4)6-7(2)3/h8H,2,5-6H2,1,3-4H3. The normalized spacial score (nSPS) is 13.2. The van der Waals surface area contributed by atoms with Crippen molar-refractivity contribution in [1.29, 1.82) is 0 Å². The Morgan fingerprint density at radius 1 is 1.67 bits per heavy atom. The van der Waals surface area contributed by atoms with Gasteiger partial charge in [0.1, 0.15) is 0 Å². The molecule has 0 amide bonds. The number of rotatable bonds is 4. The lowest BCUT2D eigenvalue weighted by Crippen LogP contribution is -2.08. The van der Waals surface area contributed by atoms with E-state index >= 15 is 0 Å². The Bertz CT molecular complexity index is 82.6. The summed E-state index contributed by atoms with van der Waals surface area (Å²) in [5.74, 6) is 0. The van der Waals surface area contributed by atoms with Crippen LogP contribution in [0.1, 0.15) is 26.7 Å². The van der Waals surface area contributed by atoms with Gasteiger partial charge in [0, 0.05) is 7.11 Å². The van der Waals surface area contributed by atoms with Crippen molar-refractivity contribution in [2.45, 2.75) is 32.8 Å². The highest BCUT2D eigenvalue weighted by molar-refractivity contribution is 4.90. The van der Waals surface area contributed by atoms with E-state index in [0.29, 0.717) is 6.10 Å². The van der Waals surface area contributed by atoms with Gasteiger partial charge in [0.25, 0.3) is 0 Å². The molecule has 54 valence electrons. The van der Waals surface area contributed by atoms with Gasteiger partial charge in [-0.25, -0.2) is 0 Å². The minimum atomic E-state index is 0.377. The summed E-state index contributed by atoms with van der Waals surface area (Å²) in [6.45, 7) is 7.96. The van der Waals surface area contributed by atoms with Crippen molar-refractivity contribution < 1.29 is 4.74 Å². The van der Waals surface area contributed by atoms with E-state index in [1.165, 1.54) is 5.57 Å². The van der Waals surface area contributed by atoms with Crippen LogP contribution in [0.5, 0.6) is 0 Å². The summed E-state index contributed by atoms with van der Waals surface area (Å²) in [5, 5.41) is 0. The fourth-order valence-electron chi connectivity index (χ4n) is 0.783. The molecule has 0 fully saturated rings. The van der Waals surface area contributed by atoms with Crippen LogP contribution in [0.3, 0.4) is 0 Å². The Morgan fingerprint density at radius 2 is 2.22 bits per heavy atom. The molecule has 0 saturated heterocycles. The minimum absolute atomic E-state index is 0.377. The number of ether oxygens (including phenoxy) is 1. The first-order chi connectivity index (χ1) is 4.20. The zero-order valence-electron chi connectivity index (χ0n) is 6.61. The molecule has 0 N–H and O–H groups in total. The van der Waals surface area contributed by atoms with Gasteiger partial charge in [0.2, 0.25) is 0 Å². The molecule has 9 heavy (non-hydrogen) atoms. The first-order valence-corrected chi connectivity index (χ1v) is 3.37. The maximum atomic E-state index is 5.15. The van der Waals surface area contributed by atoms with Crippen LogP contribution < -0.4 is 0 Å². The molecule has 1 atom stereocenters. The third-order valence-corrected chi connectivity index (χ3v) is 1.36. The van der Waals surface area contributed by atoms with Gasteiger partial charge < -0.3 is 4.74 Å². The van der Waals surface area contributed by atoms with Gasteiger partial charge in [-0.05, 0) is 19.8 Å². The molecule has 0 aliphatic carbocycles. The topological polar surface area (TPSA) is 9.23 Å². The summed E-state index contributed by atoms with van der Waals surface area (Å²) in [7, 11) is 1.75. The summed E-state index contributed by atoms with van der Waals surface area (Å²) < 4.78 is 5.15. The monoisotopic (exact) mass is 128 g/mol. The Morgan fingerprint density at radius 3 is 2.33 bits per heavy atom. The Kier molecular flexibility index (Phi) is 4.41. The van der Waals surface area contributed by atoms with Crippen LogP contribution in [0.2, 0.25) is 0 Å². The van der Waals surface area contributed by atoms with Crippen LogP contribution in [0, 0.1) is 0 Å². The summed E-state index contributed by atoms with van der Waals surface area (Å²) in [6, 6.07) is 0. The van der Waals surface area contributed by atoms with Crippen molar-refractivity contribution in [2.24, 2.45) is 0 Å². The van der Waals surface area contributed by atoms with E-state index in [4.69, 9.17) is 4.74 Å². The lowest BCUT2D eigenvalue weighted by atomic mass is 10.1. The van der Waals surface area contributed by atoms with Crippen molar-refractivity contribution in [3.05, 3.63) is 12.2 Å². The lowest BCUT2D eigenvalue weighted by Gasteiger charge is -2.11. The smallest absolute Gasteiger partial charge is 0.0605 e. The van der Waals surface area contributed by atoms with E-state index in [1.54, 1.807) is 7.11 Å². The summed E-state index contributed by atoms with van der Waals surface area (Å²) >= 11 is 0. The third kappa shape index (κ3) is 4.22. The maximum Gasteiger partial charge on any atom is 0.0605 e. The molecule has 0 aliphatic rings. The largest absolute Gasteiger partial charge is 0.381 e. The van der Waals surface area contributed by atoms with Crippen molar-refractivity contribution in [3.8, 4) is 0 Å². The second-order valence-corrected chi connectivity index (χ2v) is 2.43. The number of methoxy groups -OCH3 is 1. The van der Waals surface area contributed by atoms with E-state index in [-0.39, 0.29) is 0 Å². The zero-order valence-corrected chi connectivity index (χ0v) is 6.61. The van der Waals surface area contributed by atoms with Gasteiger partial charge in [-0.3, -0.25) is 0 Å². The third-order valence-electron chi connectivity index (χ3n) is 1.36. The first-order valence-electron chi connectivity index (χ1n) is 3.37. The van der Waals surface area contributed by atoms with Crippen molar-refractivity contribution in [3.63, 3.8) is 0 Å². The summed E-state index contributed by atoms with van der Waals surface area (Å²) in [6.07, 6.45) is 2.44. The molecule has 0 aromatic heterocycles. The molecule has 0 aliphatic heterocycles. The fraction of sp³-hybridized carbons (Fsp3) is 0.750. The second-order valence-electron chi connectivity index (χ2n) is 2.43. The highest BCUT2D eigenvalue weighted by atomic mass is 16.5. The van der Waals surface area contributed by atoms with Gasteiger partial charge >= 0.3 is 0 Å². The molecule has 0 radical (unpaired) electrons. The molecular weight excluding hydrogens is 112 g/mol. The van der Waals surface area contributed by atoms with E-state index in [9.17, 15) is 0 Å². The van der Waals surface area contributed by atoms with Crippen LogP contribution >= 0.6 is 0 Å². The van der Waals surface area contributed by atoms with Crippen LogP contribution in [0.25, 0.3) is 0 Å². The first kappa shape index (κ1) is 8.70. The van der Waals surface area contributed by atoms with Gasteiger partial charge in [0.15, 0.2) is 0 Å². The lowest BCUT2D eigenvalue weighted by molar-refractivity contribution is 0.0999. The van der Waals surface area contributed by atoms with Crippen molar-refractivity contribution >= 4 is 0 Å². The molecule has 0 aromatic rings. The molecule has 1 nitrogen and oxygen atoms in total. The molecule has 0 aromatic carbocycles. The molecule has 0 heterocycles. The quantitative estimate of drug-likeness (QED) is 0.528. The van der Waals surface area contributed by atoms with Gasteiger partial charge in [-0.2, -0.15) is 0 Å². The molecule has 0 spiro atoms. The molecule has 1 heteroatoms. The number of hydrogen-bond donors (Lipinski definition) is 0. The van der Waals surface area contributed by atoms with E-state index in [2.05, 4.69) is 13.5 Å². The number of hydrogen-bond acceptors (Lipinski definition) is 1. The Labute approximate surface area is 57.7 Å². The van der Waals surface area contributed by atoms with Crippen molar-refractivity contribution in [2.75, 3.05) is 7.11 Å². The molecular formula is C8H16O. The average Bonchev–Trinajstić information content (AvgIpc) is 1.82. The van der Waals surface area contributed by atoms with E-state index in [1.807, 2.05) is 6.92 Å². The van der Waals surface area contributed by atoms with Crippen LogP contribution in [0.15, 0.2) is 12.2 Å². The Hall–Kier alpha value is -0.300. The zero-order chi connectivity index (χ0) is 7.28. The maximum absolute atomic E-state index is 5.15. The fourth-order valence-corrected chi connectivity index (χ4v) is 0.783. The van der Waals surface area contributed by atoms with Gasteiger partial charge in [-0.1, -0.05) is 12.5 Å². The van der Waals surface area contributed by atoms with Gasteiger partial charge in [0.05, 0.1) is 6.10 Å². The predicted octanol–water partition coefficient (Wildman–Crippen LogP) is 2.38. The molecule has 0 saturated carbocycles. The second kappa shape index (κ2) is 4.57. The summed E-state index contributed by atoms with van der Waals surface area (Å²) in [5.41, 5.74) is 1.20. The Balaban J connectivity index is 3.43. The van der Waals surface area contributed by atoms with E-state index in [0.717, 1.165) is 12.8 Å². The molecule has 1 unspecified atom stereocenters. The van der Waals surface area contributed by atoms with E-state index < -0.39 is 0 Å². The van der Waals surface area contributed by atoms with Crippen molar-refractivity contribution in [1.82, 2.24) is 0 Å². The molecule has 0 rings (SSSR count). The average molecular weight is 128 g/mol. The minimum Gasteiger partial charge on any atom is -0.381 e. The van der Waals surface area contributed by atoms with Crippen LogP contribution in [0.4, 0.5) is 0 Å². The van der Waals surface area contributed by atoms with Crippen LogP contribution in [-0.2, 0) is 4.74 Å². The predicted molar refractivity (Wildman–Crippen MR) is 40.5 cm³/mol. The molecule has 0 bridgehead atoms. The SMILES string of the molecule is C=C(C)CC(CC)OC. The van der Waals surface area contributed by atoms with Gasteiger partial charge in [-0.15, -0.1) is 6.58 Å². The highest BCUT2D eigenvalue weighted by Gasteiger charge is 2.02. The van der Waals surface area contributed by atoms with Crippen LogP contribution in [-0.4, -0.2) is 13.2 Å². The summed E-state index contributed by atoms with van der Waals surface area (Å²) in [4.78, 5) is 0.